The van der Waals surface area contributed by atoms with Crippen molar-refractivity contribution in [1.29, 1.82) is 0 Å². The highest BCUT2D eigenvalue weighted by Gasteiger charge is 2.22. The molecular weight excluding hydrogens is 282 g/mol. The summed E-state index contributed by atoms with van der Waals surface area (Å²) in [6, 6.07) is 8.25. The number of carbonyl (C=O) groups excluding carboxylic acids is 1. The number of piperidine rings is 1. The van der Waals surface area contributed by atoms with E-state index >= 15 is 0 Å². The second kappa shape index (κ2) is 6.54. The number of benzene rings is 1. The Kier molecular flexibility index (Phi) is 4.51. The quantitative estimate of drug-likeness (QED) is 0.912. The number of nitrogens with zero attached hydrogens (tertiary/aromatic N) is 1. The SMILES string of the molecule is CC(Cc1nc2ccccc2s1)NC(=O)C1CCCCN1. The number of hydrogen-bond acceptors (Lipinski definition) is 4. The third-order valence-electron chi connectivity index (χ3n) is 3.83. The van der Waals surface area contributed by atoms with Gasteiger partial charge in [-0.15, -0.1) is 11.3 Å². The van der Waals surface area contributed by atoms with Crippen molar-refractivity contribution in [2.45, 2.75) is 44.7 Å². The molecule has 0 spiro atoms. The first-order chi connectivity index (χ1) is 10.2. The van der Waals surface area contributed by atoms with Gasteiger partial charge in [-0.3, -0.25) is 4.79 Å². The van der Waals surface area contributed by atoms with E-state index in [2.05, 4.69) is 21.7 Å². The molecule has 1 aliphatic rings. The van der Waals surface area contributed by atoms with Gasteiger partial charge in [-0.2, -0.15) is 0 Å². The van der Waals surface area contributed by atoms with Crippen LogP contribution in [0.5, 0.6) is 0 Å². The third kappa shape index (κ3) is 3.60. The summed E-state index contributed by atoms with van der Waals surface area (Å²) in [5, 5.41) is 7.48. The first-order valence-electron chi connectivity index (χ1n) is 7.60. The van der Waals surface area contributed by atoms with Crippen LogP contribution in [0.4, 0.5) is 0 Å². The zero-order valence-corrected chi connectivity index (χ0v) is 13.1. The molecule has 21 heavy (non-hydrogen) atoms. The number of carbonyl (C=O) groups is 1. The lowest BCUT2D eigenvalue weighted by molar-refractivity contribution is -0.124. The fraction of sp³-hybridized carbons (Fsp3) is 0.500. The maximum atomic E-state index is 12.2. The minimum atomic E-state index is -0.0171. The first-order valence-corrected chi connectivity index (χ1v) is 8.42. The van der Waals surface area contributed by atoms with E-state index in [1.165, 1.54) is 11.1 Å². The highest BCUT2D eigenvalue weighted by molar-refractivity contribution is 7.18. The molecular formula is C16H21N3OS. The smallest absolute Gasteiger partial charge is 0.237 e. The number of nitrogens with one attached hydrogen (secondary N) is 2. The molecule has 2 unspecified atom stereocenters. The topological polar surface area (TPSA) is 54.0 Å². The van der Waals surface area contributed by atoms with Crippen molar-refractivity contribution in [3.8, 4) is 0 Å². The maximum Gasteiger partial charge on any atom is 0.237 e. The van der Waals surface area contributed by atoms with Crippen molar-refractivity contribution >= 4 is 27.5 Å². The van der Waals surface area contributed by atoms with Gasteiger partial charge in [-0.25, -0.2) is 4.98 Å². The summed E-state index contributed by atoms with van der Waals surface area (Å²) in [6.07, 6.45) is 4.04. The van der Waals surface area contributed by atoms with Crippen molar-refractivity contribution in [2.24, 2.45) is 0 Å². The van der Waals surface area contributed by atoms with Gasteiger partial charge in [0.05, 0.1) is 21.3 Å². The van der Waals surface area contributed by atoms with Crippen LogP contribution in [-0.2, 0) is 11.2 Å². The normalized spacial score (nSPS) is 20.3. The van der Waals surface area contributed by atoms with Crippen LogP contribution in [0.3, 0.4) is 0 Å². The number of para-hydroxylation sites is 1. The predicted molar refractivity (Wildman–Crippen MR) is 86.6 cm³/mol. The maximum absolute atomic E-state index is 12.2. The molecule has 1 saturated heterocycles. The molecule has 0 bridgehead atoms. The molecule has 1 aromatic carbocycles. The molecule has 2 N–H and O–H groups in total. The van der Waals surface area contributed by atoms with Crippen LogP contribution in [0.1, 0.15) is 31.2 Å². The van der Waals surface area contributed by atoms with Gasteiger partial charge in [0, 0.05) is 12.5 Å². The zero-order chi connectivity index (χ0) is 14.7. The van der Waals surface area contributed by atoms with E-state index in [0.717, 1.165) is 36.3 Å². The summed E-state index contributed by atoms with van der Waals surface area (Å²) < 4.78 is 1.21. The number of rotatable bonds is 4. The van der Waals surface area contributed by atoms with Gasteiger partial charge in [0.1, 0.15) is 0 Å². The van der Waals surface area contributed by atoms with E-state index < -0.39 is 0 Å². The molecule has 2 atom stereocenters. The minimum absolute atomic E-state index is 0.0171. The molecule has 0 saturated carbocycles. The lowest BCUT2D eigenvalue weighted by Crippen LogP contribution is -2.49. The standard InChI is InChI=1S/C16H21N3OS/c1-11(18-16(20)13-7-4-5-9-17-13)10-15-19-12-6-2-3-8-14(12)21-15/h2-3,6,8,11,13,17H,4-5,7,9-10H2,1H3,(H,18,20). The first kappa shape index (κ1) is 14.5. The van der Waals surface area contributed by atoms with Crippen LogP contribution in [0, 0.1) is 0 Å². The third-order valence-corrected chi connectivity index (χ3v) is 4.89. The average molecular weight is 303 g/mol. The van der Waals surface area contributed by atoms with E-state index in [1.807, 2.05) is 25.1 Å². The lowest BCUT2D eigenvalue weighted by Gasteiger charge is -2.24. The average Bonchev–Trinajstić information content (AvgIpc) is 2.90. The van der Waals surface area contributed by atoms with E-state index in [1.54, 1.807) is 11.3 Å². The van der Waals surface area contributed by atoms with Gasteiger partial charge in [0.15, 0.2) is 0 Å². The summed E-state index contributed by atoms with van der Waals surface area (Å²) in [5.74, 6) is 0.128. The Morgan fingerprint density at radius 2 is 2.33 bits per heavy atom. The molecule has 1 aliphatic heterocycles. The predicted octanol–water partition coefficient (Wildman–Crippen LogP) is 2.49. The molecule has 1 amide bonds. The Bertz CT molecular complexity index is 586. The fourth-order valence-electron chi connectivity index (χ4n) is 2.74. The fourth-order valence-corrected chi connectivity index (χ4v) is 3.84. The molecule has 2 aromatic rings. The molecule has 5 heteroatoms. The number of thiazole rings is 1. The lowest BCUT2D eigenvalue weighted by atomic mass is 10.0. The number of aromatic nitrogens is 1. The monoisotopic (exact) mass is 303 g/mol. The van der Waals surface area contributed by atoms with E-state index in [9.17, 15) is 4.79 Å². The van der Waals surface area contributed by atoms with Crippen LogP contribution >= 0.6 is 11.3 Å². The summed E-state index contributed by atoms with van der Waals surface area (Å²) in [6.45, 7) is 3.00. The van der Waals surface area contributed by atoms with Gasteiger partial charge in [-0.05, 0) is 38.4 Å². The van der Waals surface area contributed by atoms with Crippen LogP contribution in [-0.4, -0.2) is 29.5 Å². The minimum Gasteiger partial charge on any atom is -0.352 e. The molecule has 112 valence electrons. The number of hydrogen-bond donors (Lipinski definition) is 2. The van der Waals surface area contributed by atoms with Crippen LogP contribution in [0.25, 0.3) is 10.2 Å². The number of amides is 1. The van der Waals surface area contributed by atoms with Crippen molar-refractivity contribution in [3.05, 3.63) is 29.3 Å². The van der Waals surface area contributed by atoms with Crippen molar-refractivity contribution in [2.75, 3.05) is 6.54 Å². The Morgan fingerprint density at radius 3 is 3.10 bits per heavy atom. The Balaban J connectivity index is 1.57. The van der Waals surface area contributed by atoms with Crippen LogP contribution in [0.15, 0.2) is 24.3 Å². The molecule has 2 heterocycles. The molecule has 1 fully saturated rings. The zero-order valence-electron chi connectivity index (χ0n) is 12.3. The number of fused-ring (bicyclic) bond motifs is 1. The largest absolute Gasteiger partial charge is 0.352 e. The van der Waals surface area contributed by atoms with Crippen molar-refractivity contribution < 1.29 is 4.79 Å². The molecule has 3 rings (SSSR count). The summed E-state index contributed by atoms with van der Waals surface area (Å²) >= 11 is 1.71. The highest BCUT2D eigenvalue weighted by Crippen LogP contribution is 2.22. The Labute approximate surface area is 129 Å². The highest BCUT2D eigenvalue weighted by atomic mass is 32.1. The van der Waals surface area contributed by atoms with E-state index in [4.69, 9.17) is 0 Å². The molecule has 0 aliphatic carbocycles. The van der Waals surface area contributed by atoms with Gasteiger partial charge < -0.3 is 10.6 Å². The molecule has 0 radical (unpaired) electrons. The second-order valence-corrected chi connectivity index (χ2v) is 6.81. The van der Waals surface area contributed by atoms with Crippen molar-refractivity contribution in [3.63, 3.8) is 0 Å². The Morgan fingerprint density at radius 1 is 1.48 bits per heavy atom. The van der Waals surface area contributed by atoms with Crippen molar-refractivity contribution in [1.82, 2.24) is 15.6 Å². The second-order valence-electron chi connectivity index (χ2n) is 5.69. The summed E-state index contributed by atoms with van der Waals surface area (Å²) in [5.41, 5.74) is 1.05. The van der Waals surface area contributed by atoms with E-state index in [0.29, 0.717) is 0 Å². The van der Waals surface area contributed by atoms with Gasteiger partial charge in [0.25, 0.3) is 0 Å². The van der Waals surface area contributed by atoms with Gasteiger partial charge >= 0.3 is 0 Å². The summed E-state index contributed by atoms with van der Waals surface area (Å²) in [7, 11) is 0. The van der Waals surface area contributed by atoms with Crippen LogP contribution in [0.2, 0.25) is 0 Å². The summed E-state index contributed by atoms with van der Waals surface area (Å²) in [4.78, 5) is 16.8. The van der Waals surface area contributed by atoms with Gasteiger partial charge in [-0.1, -0.05) is 18.6 Å². The van der Waals surface area contributed by atoms with E-state index in [-0.39, 0.29) is 18.0 Å². The Hall–Kier alpha value is -1.46. The van der Waals surface area contributed by atoms with Gasteiger partial charge in [0.2, 0.25) is 5.91 Å². The molecule has 4 nitrogen and oxygen atoms in total. The molecule has 1 aromatic heterocycles. The van der Waals surface area contributed by atoms with Crippen LogP contribution < -0.4 is 10.6 Å².